The summed E-state index contributed by atoms with van der Waals surface area (Å²) >= 11 is 0. The van der Waals surface area contributed by atoms with Crippen molar-refractivity contribution in [3.63, 3.8) is 0 Å². The van der Waals surface area contributed by atoms with Crippen molar-refractivity contribution in [3.05, 3.63) is 59.9 Å². The van der Waals surface area contributed by atoms with Crippen LogP contribution in [0.3, 0.4) is 0 Å². The molecule has 0 saturated heterocycles. The topological polar surface area (TPSA) is 44.5 Å². The largest absolute Gasteiger partial charge is 0.491 e. The van der Waals surface area contributed by atoms with Gasteiger partial charge in [0.15, 0.2) is 0 Å². The van der Waals surface area contributed by atoms with Crippen LogP contribution >= 0.6 is 0 Å². The zero-order chi connectivity index (χ0) is 13.5. The lowest BCUT2D eigenvalue weighted by molar-refractivity contribution is 0.0892. The normalized spacial score (nSPS) is 10.4. The van der Waals surface area contributed by atoms with E-state index < -0.39 is 0 Å². The molecule has 0 fully saturated rings. The van der Waals surface area contributed by atoms with E-state index >= 15 is 0 Å². The Hall–Kier alpha value is -2.07. The molecule has 2 rings (SSSR count). The van der Waals surface area contributed by atoms with E-state index in [1.807, 2.05) is 30.3 Å². The molecule has 0 spiro atoms. The fourth-order valence-electron chi connectivity index (χ4n) is 1.61. The molecule has 0 bridgehead atoms. The molecule has 0 aliphatic heterocycles. The number of ether oxygens (including phenoxy) is 2. The van der Waals surface area contributed by atoms with Crippen LogP contribution in [0, 0.1) is 5.82 Å². The van der Waals surface area contributed by atoms with Gasteiger partial charge in [0.2, 0.25) is 0 Å². The molecule has 2 aromatic rings. The molecular weight excluding hydrogens is 245 g/mol. The van der Waals surface area contributed by atoms with Crippen molar-refractivity contribution in [3.8, 4) is 5.75 Å². The monoisotopic (exact) mass is 261 g/mol. The molecule has 4 heteroatoms. The third kappa shape index (κ3) is 4.26. The second-order valence-electron chi connectivity index (χ2n) is 4.06. The molecule has 100 valence electrons. The molecule has 2 aromatic carbocycles. The number of halogens is 1. The Balaban J connectivity index is 1.69. The highest BCUT2D eigenvalue weighted by Gasteiger charge is 2.01. The summed E-state index contributed by atoms with van der Waals surface area (Å²) < 4.78 is 23.7. The van der Waals surface area contributed by atoms with Gasteiger partial charge < -0.3 is 15.2 Å². The van der Waals surface area contributed by atoms with Crippen molar-refractivity contribution < 1.29 is 13.9 Å². The van der Waals surface area contributed by atoms with Crippen molar-refractivity contribution in [2.24, 2.45) is 0 Å². The quantitative estimate of drug-likeness (QED) is 0.642. The zero-order valence-electron chi connectivity index (χ0n) is 10.5. The first-order valence-electron chi connectivity index (χ1n) is 6.05. The minimum Gasteiger partial charge on any atom is -0.491 e. The minimum atomic E-state index is -0.339. The van der Waals surface area contributed by atoms with Crippen molar-refractivity contribution >= 4 is 5.69 Å². The highest BCUT2D eigenvalue weighted by molar-refractivity contribution is 5.46. The number of nitrogen functional groups attached to an aromatic ring is 1. The van der Waals surface area contributed by atoms with Crippen LogP contribution in [0.5, 0.6) is 5.75 Å². The number of para-hydroxylation sites is 1. The molecular formula is C15H16FNO2. The lowest BCUT2D eigenvalue weighted by Crippen LogP contribution is -2.07. The molecule has 0 aliphatic carbocycles. The van der Waals surface area contributed by atoms with Gasteiger partial charge in [-0.3, -0.25) is 0 Å². The van der Waals surface area contributed by atoms with E-state index in [-0.39, 0.29) is 5.82 Å². The molecule has 0 heterocycles. The van der Waals surface area contributed by atoms with Crippen LogP contribution in [-0.2, 0) is 11.3 Å². The predicted molar refractivity (Wildman–Crippen MR) is 72.4 cm³/mol. The fourth-order valence-corrected chi connectivity index (χ4v) is 1.61. The van der Waals surface area contributed by atoms with Gasteiger partial charge in [-0.2, -0.15) is 0 Å². The molecule has 0 aromatic heterocycles. The average molecular weight is 261 g/mol. The maximum absolute atomic E-state index is 12.8. The SMILES string of the molecule is Nc1cc(F)ccc1COCCOc1ccccc1. The van der Waals surface area contributed by atoms with E-state index in [9.17, 15) is 4.39 Å². The molecule has 0 amide bonds. The molecule has 0 unspecified atom stereocenters. The van der Waals surface area contributed by atoms with Crippen molar-refractivity contribution in [1.82, 2.24) is 0 Å². The van der Waals surface area contributed by atoms with Crippen LogP contribution in [0.4, 0.5) is 10.1 Å². The van der Waals surface area contributed by atoms with Crippen molar-refractivity contribution in [2.75, 3.05) is 18.9 Å². The minimum absolute atomic E-state index is 0.339. The van der Waals surface area contributed by atoms with E-state index in [2.05, 4.69) is 0 Å². The number of anilines is 1. The Morgan fingerprint density at radius 3 is 2.53 bits per heavy atom. The van der Waals surface area contributed by atoms with Gasteiger partial charge in [-0.05, 0) is 24.3 Å². The molecule has 2 N–H and O–H groups in total. The number of hydrogen-bond acceptors (Lipinski definition) is 3. The molecule has 0 radical (unpaired) electrons. The molecule has 3 nitrogen and oxygen atoms in total. The van der Waals surface area contributed by atoms with Gasteiger partial charge in [-0.25, -0.2) is 4.39 Å². The van der Waals surface area contributed by atoms with Crippen LogP contribution in [0.1, 0.15) is 5.56 Å². The lowest BCUT2D eigenvalue weighted by Gasteiger charge is -2.08. The Labute approximate surface area is 111 Å². The van der Waals surface area contributed by atoms with Crippen LogP contribution in [0.25, 0.3) is 0 Å². The Morgan fingerprint density at radius 1 is 1.00 bits per heavy atom. The number of nitrogens with two attached hydrogens (primary N) is 1. The summed E-state index contributed by atoms with van der Waals surface area (Å²) in [4.78, 5) is 0. The zero-order valence-corrected chi connectivity index (χ0v) is 10.5. The first kappa shape index (κ1) is 13.4. The van der Waals surface area contributed by atoms with Gasteiger partial charge in [0.05, 0.1) is 13.2 Å². The predicted octanol–water partition coefficient (Wildman–Crippen LogP) is 3.00. The summed E-state index contributed by atoms with van der Waals surface area (Å²) in [5.41, 5.74) is 6.86. The van der Waals surface area contributed by atoms with Crippen LogP contribution in [0.2, 0.25) is 0 Å². The molecule has 19 heavy (non-hydrogen) atoms. The maximum Gasteiger partial charge on any atom is 0.125 e. The standard InChI is InChI=1S/C15H16FNO2/c16-13-7-6-12(15(17)10-13)11-18-8-9-19-14-4-2-1-3-5-14/h1-7,10H,8-9,11,17H2. The van der Waals surface area contributed by atoms with Crippen molar-refractivity contribution in [2.45, 2.75) is 6.61 Å². The van der Waals surface area contributed by atoms with E-state index in [4.69, 9.17) is 15.2 Å². The highest BCUT2D eigenvalue weighted by atomic mass is 19.1. The summed E-state index contributed by atoms with van der Waals surface area (Å²) in [6.07, 6.45) is 0. The summed E-state index contributed by atoms with van der Waals surface area (Å²) in [6, 6.07) is 13.8. The number of rotatable bonds is 6. The number of hydrogen-bond donors (Lipinski definition) is 1. The van der Waals surface area contributed by atoms with Gasteiger partial charge in [-0.1, -0.05) is 24.3 Å². The summed E-state index contributed by atoms with van der Waals surface area (Å²) in [6.45, 7) is 1.26. The smallest absolute Gasteiger partial charge is 0.125 e. The second kappa shape index (κ2) is 6.75. The Bertz CT molecular complexity index is 517. The van der Waals surface area contributed by atoms with Crippen molar-refractivity contribution in [1.29, 1.82) is 0 Å². The third-order valence-corrected chi connectivity index (χ3v) is 2.61. The van der Waals surface area contributed by atoms with E-state index in [0.717, 1.165) is 11.3 Å². The first-order chi connectivity index (χ1) is 9.25. The first-order valence-corrected chi connectivity index (χ1v) is 6.05. The molecule has 0 saturated carbocycles. The Kier molecular flexibility index (Phi) is 4.75. The van der Waals surface area contributed by atoms with Crippen LogP contribution in [-0.4, -0.2) is 13.2 Å². The summed E-state index contributed by atoms with van der Waals surface area (Å²) in [5, 5.41) is 0. The van der Waals surface area contributed by atoms with E-state index in [1.165, 1.54) is 12.1 Å². The Morgan fingerprint density at radius 2 is 1.79 bits per heavy atom. The van der Waals surface area contributed by atoms with Gasteiger partial charge in [-0.15, -0.1) is 0 Å². The maximum atomic E-state index is 12.8. The van der Waals surface area contributed by atoms with Gasteiger partial charge in [0.25, 0.3) is 0 Å². The van der Waals surface area contributed by atoms with Gasteiger partial charge >= 0.3 is 0 Å². The van der Waals surface area contributed by atoms with E-state index in [1.54, 1.807) is 6.07 Å². The number of benzene rings is 2. The molecule has 0 atom stereocenters. The van der Waals surface area contributed by atoms with Crippen LogP contribution in [0.15, 0.2) is 48.5 Å². The summed E-state index contributed by atoms with van der Waals surface area (Å²) in [5.74, 6) is 0.473. The average Bonchev–Trinajstić information content (AvgIpc) is 2.42. The van der Waals surface area contributed by atoms with E-state index in [0.29, 0.717) is 25.5 Å². The second-order valence-corrected chi connectivity index (χ2v) is 4.06. The molecule has 0 aliphatic rings. The lowest BCUT2D eigenvalue weighted by atomic mass is 10.2. The third-order valence-electron chi connectivity index (χ3n) is 2.61. The summed E-state index contributed by atoms with van der Waals surface area (Å²) in [7, 11) is 0. The van der Waals surface area contributed by atoms with Gasteiger partial charge in [0, 0.05) is 11.3 Å². The van der Waals surface area contributed by atoms with Crippen LogP contribution < -0.4 is 10.5 Å². The van der Waals surface area contributed by atoms with Gasteiger partial charge in [0.1, 0.15) is 18.2 Å². The highest BCUT2D eigenvalue weighted by Crippen LogP contribution is 2.14. The fraction of sp³-hybridized carbons (Fsp3) is 0.200.